The van der Waals surface area contributed by atoms with E-state index in [9.17, 15) is 9.59 Å². The number of hydrogen-bond donors (Lipinski definition) is 1. The maximum Gasteiger partial charge on any atom is 0.223 e. The van der Waals surface area contributed by atoms with Crippen LogP contribution >= 0.6 is 0 Å². The Hall–Kier alpha value is -2.14. The Morgan fingerprint density at radius 3 is 2.68 bits per heavy atom. The molecular formula is C23H33N3O2. The highest BCUT2D eigenvalue weighted by atomic mass is 16.2. The van der Waals surface area contributed by atoms with Gasteiger partial charge in [0.25, 0.3) is 0 Å². The van der Waals surface area contributed by atoms with Gasteiger partial charge in [0, 0.05) is 25.7 Å². The van der Waals surface area contributed by atoms with E-state index in [0.717, 1.165) is 24.1 Å². The van der Waals surface area contributed by atoms with Gasteiger partial charge in [0.2, 0.25) is 11.8 Å². The number of fused-ring (bicyclic) bond motifs is 1. The van der Waals surface area contributed by atoms with Crippen LogP contribution in [0.15, 0.2) is 30.5 Å². The minimum atomic E-state index is -0.233. The Labute approximate surface area is 168 Å². The predicted molar refractivity (Wildman–Crippen MR) is 112 cm³/mol. The van der Waals surface area contributed by atoms with Crippen LogP contribution in [0.2, 0.25) is 0 Å². The van der Waals surface area contributed by atoms with Gasteiger partial charge < -0.3 is 15.1 Å². The summed E-state index contributed by atoms with van der Waals surface area (Å²) in [7, 11) is 2.20. The van der Waals surface area contributed by atoms with Gasteiger partial charge in [0.1, 0.15) is 0 Å². The molecule has 1 heterocycles. The van der Waals surface area contributed by atoms with Crippen LogP contribution in [0.1, 0.15) is 69.0 Å². The number of carbonyl (C=O) groups is 2. The first kappa shape index (κ1) is 20.6. The monoisotopic (exact) mass is 383 g/mol. The van der Waals surface area contributed by atoms with Crippen LogP contribution in [0.25, 0.3) is 6.08 Å². The summed E-state index contributed by atoms with van der Waals surface area (Å²) in [5.41, 5.74) is 2.11. The first-order valence-corrected chi connectivity index (χ1v) is 10.6. The average molecular weight is 384 g/mol. The fraction of sp³-hybridized carbons (Fsp3) is 0.565. The average Bonchev–Trinajstić information content (AvgIpc) is 2.71. The second kappa shape index (κ2) is 9.87. The van der Waals surface area contributed by atoms with Gasteiger partial charge in [-0.1, -0.05) is 43.5 Å². The number of carbonyl (C=O) groups excluding carboxylic acids is 2. The van der Waals surface area contributed by atoms with Crippen molar-refractivity contribution in [3.63, 3.8) is 0 Å². The van der Waals surface area contributed by atoms with Crippen molar-refractivity contribution in [2.45, 2.75) is 64.0 Å². The predicted octanol–water partition coefficient (Wildman–Crippen LogP) is 3.72. The van der Waals surface area contributed by atoms with Crippen molar-refractivity contribution < 1.29 is 9.59 Å². The number of amides is 2. The Kier molecular flexibility index (Phi) is 7.26. The standard InChI is InChI=1S/C23H33N3O2/c1-18(27)26-16-13-19-9-6-7-12-21(19)22(26)17-23(28)24-14-8-15-25(2)20-10-4-3-5-11-20/h6-7,9,12-13,16,20,22H,3-5,8,10-11,14-15,17H2,1-2H3,(H,24,28). The van der Waals surface area contributed by atoms with Crippen LogP contribution in [0.3, 0.4) is 0 Å². The van der Waals surface area contributed by atoms with E-state index in [-0.39, 0.29) is 17.9 Å². The SMILES string of the molecule is CC(=O)N1C=Cc2ccccc2C1CC(=O)NCCCN(C)C1CCCCC1. The third kappa shape index (κ3) is 5.22. The summed E-state index contributed by atoms with van der Waals surface area (Å²) in [4.78, 5) is 28.7. The number of nitrogens with one attached hydrogen (secondary N) is 1. The molecule has 1 N–H and O–H groups in total. The molecule has 0 radical (unpaired) electrons. The van der Waals surface area contributed by atoms with Crippen LogP contribution in [-0.2, 0) is 9.59 Å². The van der Waals surface area contributed by atoms with Gasteiger partial charge in [0.05, 0.1) is 12.5 Å². The Morgan fingerprint density at radius 1 is 1.18 bits per heavy atom. The lowest BCUT2D eigenvalue weighted by Crippen LogP contribution is -2.37. The lowest BCUT2D eigenvalue weighted by atomic mass is 9.93. The zero-order chi connectivity index (χ0) is 19.9. The highest BCUT2D eigenvalue weighted by molar-refractivity contribution is 5.81. The zero-order valence-electron chi connectivity index (χ0n) is 17.2. The molecule has 1 unspecified atom stereocenters. The summed E-state index contributed by atoms with van der Waals surface area (Å²) in [6, 6.07) is 8.44. The van der Waals surface area contributed by atoms with E-state index in [1.807, 2.05) is 30.3 Å². The van der Waals surface area contributed by atoms with E-state index in [4.69, 9.17) is 0 Å². The van der Waals surface area contributed by atoms with E-state index < -0.39 is 0 Å². The first-order chi connectivity index (χ1) is 13.6. The summed E-state index contributed by atoms with van der Waals surface area (Å²) in [6.45, 7) is 3.24. The highest BCUT2D eigenvalue weighted by Crippen LogP contribution is 2.32. The summed E-state index contributed by atoms with van der Waals surface area (Å²) in [5.74, 6) is -0.0423. The zero-order valence-corrected chi connectivity index (χ0v) is 17.2. The quantitative estimate of drug-likeness (QED) is 0.730. The van der Waals surface area contributed by atoms with Crippen molar-refractivity contribution in [1.82, 2.24) is 15.1 Å². The van der Waals surface area contributed by atoms with E-state index in [1.54, 1.807) is 18.0 Å². The van der Waals surface area contributed by atoms with Gasteiger partial charge in [-0.15, -0.1) is 0 Å². The maximum absolute atomic E-state index is 12.5. The fourth-order valence-electron chi connectivity index (χ4n) is 4.42. The molecule has 1 atom stereocenters. The molecular weight excluding hydrogens is 350 g/mol. The van der Waals surface area contributed by atoms with Crippen LogP contribution in [0.4, 0.5) is 0 Å². The van der Waals surface area contributed by atoms with Gasteiger partial charge in [-0.25, -0.2) is 0 Å². The van der Waals surface area contributed by atoms with E-state index in [2.05, 4.69) is 17.3 Å². The molecule has 5 nitrogen and oxygen atoms in total. The van der Waals surface area contributed by atoms with Gasteiger partial charge >= 0.3 is 0 Å². The second-order valence-corrected chi connectivity index (χ2v) is 8.07. The summed E-state index contributed by atoms with van der Waals surface area (Å²) >= 11 is 0. The molecule has 0 spiro atoms. The molecule has 2 amide bonds. The maximum atomic E-state index is 12.5. The molecule has 1 aliphatic heterocycles. The number of nitrogens with zero attached hydrogens (tertiary/aromatic N) is 2. The van der Waals surface area contributed by atoms with Crippen LogP contribution in [0, 0.1) is 0 Å². The van der Waals surface area contributed by atoms with E-state index >= 15 is 0 Å². The molecule has 3 rings (SSSR count). The molecule has 1 saturated carbocycles. The van der Waals surface area contributed by atoms with Crippen molar-refractivity contribution in [3.8, 4) is 0 Å². The molecule has 1 aliphatic carbocycles. The lowest BCUT2D eigenvalue weighted by Gasteiger charge is -2.32. The molecule has 1 aromatic carbocycles. The third-order valence-electron chi connectivity index (χ3n) is 6.06. The smallest absolute Gasteiger partial charge is 0.223 e. The summed E-state index contributed by atoms with van der Waals surface area (Å²) in [6.07, 6.45) is 11.6. The molecule has 1 fully saturated rings. The lowest BCUT2D eigenvalue weighted by molar-refractivity contribution is -0.129. The summed E-state index contributed by atoms with van der Waals surface area (Å²) in [5, 5.41) is 3.05. The first-order valence-electron chi connectivity index (χ1n) is 10.6. The molecule has 28 heavy (non-hydrogen) atoms. The van der Waals surface area contributed by atoms with Gasteiger partial charge in [-0.05, 0) is 50.1 Å². The van der Waals surface area contributed by atoms with Crippen molar-refractivity contribution in [3.05, 3.63) is 41.6 Å². The largest absolute Gasteiger partial charge is 0.356 e. The Morgan fingerprint density at radius 2 is 1.93 bits per heavy atom. The van der Waals surface area contributed by atoms with Crippen LogP contribution in [0.5, 0.6) is 0 Å². The molecule has 152 valence electrons. The van der Waals surface area contributed by atoms with Crippen LogP contribution in [-0.4, -0.2) is 47.8 Å². The minimum Gasteiger partial charge on any atom is -0.356 e. The number of rotatable bonds is 7. The highest BCUT2D eigenvalue weighted by Gasteiger charge is 2.28. The van der Waals surface area contributed by atoms with E-state index in [0.29, 0.717) is 19.0 Å². The van der Waals surface area contributed by atoms with E-state index in [1.165, 1.54) is 32.1 Å². The second-order valence-electron chi connectivity index (χ2n) is 8.07. The van der Waals surface area contributed by atoms with Crippen molar-refractivity contribution in [2.75, 3.05) is 20.1 Å². The molecule has 2 aliphatic rings. The normalized spacial score (nSPS) is 19.5. The number of benzene rings is 1. The Balaban J connectivity index is 1.48. The molecule has 0 saturated heterocycles. The summed E-state index contributed by atoms with van der Waals surface area (Å²) < 4.78 is 0. The van der Waals surface area contributed by atoms with Gasteiger partial charge in [-0.2, -0.15) is 0 Å². The van der Waals surface area contributed by atoms with Crippen molar-refractivity contribution in [2.24, 2.45) is 0 Å². The molecule has 0 bridgehead atoms. The van der Waals surface area contributed by atoms with Crippen molar-refractivity contribution in [1.29, 1.82) is 0 Å². The van der Waals surface area contributed by atoms with Gasteiger partial charge in [0.15, 0.2) is 0 Å². The third-order valence-corrected chi connectivity index (χ3v) is 6.06. The fourth-order valence-corrected chi connectivity index (χ4v) is 4.42. The topological polar surface area (TPSA) is 52.7 Å². The van der Waals surface area contributed by atoms with Crippen molar-refractivity contribution >= 4 is 17.9 Å². The number of hydrogen-bond acceptors (Lipinski definition) is 3. The Bertz CT molecular complexity index is 710. The van der Waals surface area contributed by atoms with Gasteiger partial charge in [-0.3, -0.25) is 9.59 Å². The minimum absolute atomic E-state index is 0.00155. The molecule has 1 aromatic rings. The van der Waals surface area contributed by atoms with Crippen LogP contribution < -0.4 is 5.32 Å². The molecule has 0 aromatic heterocycles. The molecule has 5 heteroatoms.